The van der Waals surface area contributed by atoms with Gasteiger partial charge in [0.1, 0.15) is 0 Å². The van der Waals surface area contributed by atoms with Gasteiger partial charge >= 0.3 is 6.18 Å². The van der Waals surface area contributed by atoms with Crippen LogP contribution in [0.25, 0.3) is 0 Å². The Labute approximate surface area is 146 Å². The van der Waals surface area contributed by atoms with Crippen LogP contribution in [0.2, 0.25) is 0 Å². The van der Waals surface area contributed by atoms with E-state index in [9.17, 15) is 18.0 Å². The minimum absolute atomic E-state index is 0.0135. The van der Waals surface area contributed by atoms with E-state index in [0.29, 0.717) is 45.4 Å². The monoisotopic (exact) mass is 360 g/mol. The molecule has 1 aliphatic rings. The summed E-state index contributed by atoms with van der Waals surface area (Å²) < 4.78 is 38.9. The first-order chi connectivity index (χ1) is 11.7. The fourth-order valence-corrected chi connectivity index (χ4v) is 3.30. The second-order valence-corrected chi connectivity index (χ2v) is 6.71. The first-order valence-electron chi connectivity index (χ1n) is 8.73. The first kappa shape index (κ1) is 19.8. The summed E-state index contributed by atoms with van der Waals surface area (Å²) in [5.41, 5.74) is 3.12. The molecule has 0 N–H and O–H groups in total. The fourth-order valence-electron chi connectivity index (χ4n) is 3.30. The SMILES string of the molecule is Cc1nn(C)c(C)c1CCC(=O)N1CCCN(CCC(F)(F)F)CC1. The third kappa shape index (κ3) is 5.73. The van der Waals surface area contributed by atoms with Gasteiger partial charge in [-0.15, -0.1) is 0 Å². The maximum Gasteiger partial charge on any atom is 0.390 e. The number of nitrogens with zero attached hydrogens (tertiary/aromatic N) is 4. The second-order valence-electron chi connectivity index (χ2n) is 6.71. The summed E-state index contributed by atoms with van der Waals surface area (Å²) in [7, 11) is 1.89. The molecule has 2 rings (SSSR count). The molecule has 1 aliphatic heterocycles. The number of rotatable bonds is 5. The quantitative estimate of drug-likeness (QED) is 0.810. The number of amides is 1. The van der Waals surface area contributed by atoms with Gasteiger partial charge in [0, 0.05) is 45.3 Å². The van der Waals surface area contributed by atoms with Crippen molar-refractivity contribution in [1.82, 2.24) is 19.6 Å². The molecule has 1 aromatic heterocycles. The summed E-state index contributed by atoms with van der Waals surface area (Å²) in [6.07, 6.45) is -3.13. The van der Waals surface area contributed by atoms with Crippen LogP contribution in [-0.4, -0.2) is 64.4 Å². The van der Waals surface area contributed by atoms with E-state index in [1.165, 1.54) is 0 Å². The Balaban J connectivity index is 1.82. The summed E-state index contributed by atoms with van der Waals surface area (Å²) in [5, 5.41) is 4.36. The average Bonchev–Trinajstić information content (AvgIpc) is 2.71. The van der Waals surface area contributed by atoms with Gasteiger partial charge in [-0.25, -0.2) is 0 Å². The Morgan fingerprint density at radius 3 is 2.48 bits per heavy atom. The topological polar surface area (TPSA) is 41.4 Å². The van der Waals surface area contributed by atoms with E-state index in [-0.39, 0.29) is 12.5 Å². The zero-order valence-corrected chi connectivity index (χ0v) is 15.2. The average molecular weight is 360 g/mol. The van der Waals surface area contributed by atoms with E-state index in [2.05, 4.69) is 5.10 Å². The van der Waals surface area contributed by atoms with Gasteiger partial charge in [-0.3, -0.25) is 9.48 Å². The molecule has 0 saturated carbocycles. The molecule has 25 heavy (non-hydrogen) atoms. The highest BCUT2D eigenvalue weighted by Crippen LogP contribution is 2.20. The van der Waals surface area contributed by atoms with Crippen molar-refractivity contribution in [1.29, 1.82) is 0 Å². The Hall–Kier alpha value is -1.57. The lowest BCUT2D eigenvalue weighted by Gasteiger charge is -2.22. The standard InChI is InChI=1S/C17H27F3N4O/c1-13-15(14(2)22(3)21-13)5-6-16(25)24-9-4-8-23(11-12-24)10-7-17(18,19)20/h4-12H2,1-3H3. The van der Waals surface area contributed by atoms with Gasteiger partial charge in [0.05, 0.1) is 12.1 Å². The van der Waals surface area contributed by atoms with Gasteiger partial charge in [0.15, 0.2) is 0 Å². The van der Waals surface area contributed by atoms with Crippen LogP contribution < -0.4 is 0 Å². The Morgan fingerprint density at radius 1 is 1.16 bits per heavy atom. The molecule has 1 fully saturated rings. The maximum absolute atomic E-state index is 12.5. The highest BCUT2D eigenvalue weighted by Gasteiger charge is 2.28. The van der Waals surface area contributed by atoms with Crippen LogP contribution in [0.1, 0.15) is 36.2 Å². The zero-order valence-electron chi connectivity index (χ0n) is 15.2. The number of hydrogen-bond donors (Lipinski definition) is 0. The normalized spacial score (nSPS) is 17.0. The molecule has 0 aromatic carbocycles. The van der Waals surface area contributed by atoms with Gasteiger partial charge in [-0.1, -0.05) is 0 Å². The molecule has 0 bridgehead atoms. The van der Waals surface area contributed by atoms with E-state index in [0.717, 1.165) is 17.0 Å². The summed E-state index contributed by atoms with van der Waals surface area (Å²) in [4.78, 5) is 16.1. The minimum Gasteiger partial charge on any atom is -0.341 e. The number of aryl methyl sites for hydroxylation is 2. The highest BCUT2D eigenvalue weighted by molar-refractivity contribution is 5.76. The summed E-state index contributed by atoms with van der Waals surface area (Å²) in [6, 6.07) is 0. The molecule has 0 radical (unpaired) electrons. The molecule has 0 aliphatic carbocycles. The lowest BCUT2D eigenvalue weighted by atomic mass is 10.1. The molecule has 1 amide bonds. The van der Waals surface area contributed by atoms with Crippen LogP contribution in [-0.2, 0) is 18.3 Å². The van der Waals surface area contributed by atoms with Crippen molar-refractivity contribution in [2.45, 2.75) is 45.7 Å². The van der Waals surface area contributed by atoms with Crippen molar-refractivity contribution >= 4 is 5.91 Å². The fraction of sp³-hybridized carbons (Fsp3) is 0.765. The predicted octanol–water partition coefficient (Wildman–Crippen LogP) is 2.46. The van der Waals surface area contributed by atoms with Crippen molar-refractivity contribution < 1.29 is 18.0 Å². The molecule has 0 atom stereocenters. The van der Waals surface area contributed by atoms with Gasteiger partial charge in [0.25, 0.3) is 0 Å². The summed E-state index contributed by atoms with van der Waals surface area (Å²) >= 11 is 0. The van der Waals surface area contributed by atoms with Crippen molar-refractivity contribution in [2.24, 2.45) is 7.05 Å². The lowest BCUT2D eigenvalue weighted by molar-refractivity contribution is -0.138. The van der Waals surface area contributed by atoms with Crippen molar-refractivity contribution in [3.8, 4) is 0 Å². The van der Waals surface area contributed by atoms with E-state index >= 15 is 0 Å². The van der Waals surface area contributed by atoms with Crippen LogP contribution in [0.3, 0.4) is 0 Å². The summed E-state index contributed by atoms with van der Waals surface area (Å²) in [6.45, 7) is 6.18. The molecule has 8 heteroatoms. The van der Waals surface area contributed by atoms with Crippen LogP contribution in [0.4, 0.5) is 13.2 Å². The number of carbonyl (C=O) groups excluding carboxylic acids is 1. The zero-order chi connectivity index (χ0) is 18.6. The molecule has 1 saturated heterocycles. The van der Waals surface area contributed by atoms with Gasteiger partial charge < -0.3 is 9.80 Å². The van der Waals surface area contributed by atoms with Gasteiger partial charge in [-0.05, 0) is 38.8 Å². The van der Waals surface area contributed by atoms with Gasteiger partial charge in [-0.2, -0.15) is 18.3 Å². The van der Waals surface area contributed by atoms with Crippen LogP contribution in [0.15, 0.2) is 0 Å². The third-order valence-corrected chi connectivity index (χ3v) is 4.90. The number of aromatic nitrogens is 2. The molecule has 0 spiro atoms. The lowest BCUT2D eigenvalue weighted by Crippen LogP contribution is -2.36. The van der Waals surface area contributed by atoms with Crippen molar-refractivity contribution in [3.63, 3.8) is 0 Å². The van der Waals surface area contributed by atoms with E-state index < -0.39 is 12.6 Å². The molecular weight excluding hydrogens is 333 g/mol. The summed E-state index contributed by atoms with van der Waals surface area (Å²) in [5.74, 6) is 0.0697. The van der Waals surface area contributed by atoms with Crippen LogP contribution in [0.5, 0.6) is 0 Å². The van der Waals surface area contributed by atoms with E-state index in [1.54, 1.807) is 9.80 Å². The molecule has 5 nitrogen and oxygen atoms in total. The van der Waals surface area contributed by atoms with Crippen molar-refractivity contribution in [2.75, 3.05) is 32.7 Å². The number of alkyl halides is 3. The largest absolute Gasteiger partial charge is 0.390 e. The third-order valence-electron chi connectivity index (χ3n) is 4.90. The smallest absolute Gasteiger partial charge is 0.341 e. The van der Waals surface area contributed by atoms with Crippen molar-refractivity contribution in [3.05, 3.63) is 17.0 Å². The Morgan fingerprint density at radius 2 is 1.88 bits per heavy atom. The van der Waals surface area contributed by atoms with E-state index in [1.807, 2.05) is 25.6 Å². The number of carbonyl (C=O) groups is 1. The molecular formula is C17H27F3N4O. The Kier molecular flexibility index (Phi) is 6.48. The predicted molar refractivity (Wildman–Crippen MR) is 89.3 cm³/mol. The first-order valence-corrected chi connectivity index (χ1v) is 8.73. The number of halogens is 3. The molecule has 0 unspecified atom stereocenters. The second kappa shape index (κ2) is 8.21. The van der Waals surface area contributed by atoms with E-state index in [4.69, 9.17) is 0 Å². The molecule has 1 aromatic rings. The van der Waals surface area contributed by atoms with Gasteiger partial charge in [0.2, 0.25) is 5.91 Å². The van der Waals surface area contributed by atoms with Crippen LogP contribution in [0, 0.1) is 13.8 Å². The Bertz CT molecular complexity index is 597. The minimum atomic E-state index is -4.12. The number of hydrogen-bond acceptors (Lipinski definition) is 3. The van der Waals surface area contributed by atoms with Crippen LogP contribution >= 0.6 is 0 Å². The maximum atomic E-state index is 12.5. The molecule has 142 valence electrons. The highest BCUT2D eigenvalue weighted by atomic mass is 19.4. The molecule has 2 heterocycles.